The third-order valence-corrected chi connectivity index (χ3v) is 9.08. The number of allylic oxidation sites excluding steroid dienone is 3. The first kappa shape index (κ1) is 28.5. The van der Waals surface area contributed by atoms with Crippen LogP contribution < -0.4 is 0 Å². The van der Waals surface area contributed by atoms with Gasteiger partial charge in [-0.15, -0.1) is 0 Å². The highest BCUT2D eigenvalue weighted by atomic mass is 16.6. The lowest BCUT2D eigenvalue weighted by Gasteiger charge is -2.44. The lowest BCUT2D eigenvalue weighted by Crippen LogP contribution is -2.37. The highest BCUT2D eigenvalue weighted by Gasteiger charge is 2.50. The van der Waals surface area contributed by atoms with Crippen LogP contribution in [0.4, 0.5) is 0 Å². The highest BCUT2D eigenvalue weighted by Crippen LogP contribution is 2.59. The summed E-state index contributed by atoms with van der Waals surface area (Å²) in [5.41, 5.74) is 5.33. The Labute approximate surface area is 228 Å². The van der Waals surface area contributed by atoms with E-state index in [9.17, 15) is 10.2 Å². The van der Waals surface area contributed by atoms with Crippen molar-refractivity contribution >= 4 is 5.71 Å². The van der Waals surface area contributed by atoms with Crippen LogP contribution in [0.15, 0.2) is 83.6 Å². The zero-order valence-electron chi connectivity index (χ0n) is 23.1. The Morgan fingerprint density at radius 1 is 1.21 bits per heavy atom. The van der Waals surface area contributed by atoms with Crippen molar-refractivity contribution in [3.8, 4) is 0 Å². The van der Waals surface area contributed by atoms with Crippen molar-refractivity contribution in [2.24, 2.45) is 28.3 Å². The minimum atomic E-state index is -0.641. The van der Waals surface area contributed by atoms with Gasteiger partial charge in [-0.05, 0) is 72.8 Å². The second kappa shape index (κ2) is 13.1. The molecule has 3 aliphatic carbocycles. The van der Waals surface area contributed by atoms with Crippen LogP contribution in [0.3, 0.4) is 0 Å². The van der Waals surface area contributed by atoms with Crippen molar-refractivity contribution in [3.63, 3.8) is 0 Å². The van der Waals surface area contributed by atoms with Crippen molar-refractivity contribution in [1.82, 2.24) is 0 Å². The van der Waals surface area contributed by atoms with E-state index in [1.165, 1.54) is 31.3 Å². The largest absolute Gasteiger partial charge is 0.393 e. The second-order valence-electron chi connectivity index (χ2n) is 11.6. The Morgan fingerprint density at radius 3 is 2.76 bits per heavy atom. The third-order valence-electron chi connectivity index (χ3n) is 9.08. The first-order chi connectivity index (χ1) is 18.3. The SMILES string of the molecule is C=CCON=C(COC[C@@H](C)[C@H]1CC[C@H]2/C(=C/C=C3/C[C@@H](O)C[C@H](O)C3=C)CCC[C@]12C)c1ccccc1. The van der Waals surface area contributed by atoms with Crippen molar-refractivity contribution < 1.29 is 19.8 Å². The van der Waals surface area contributed by atoms with E-state index >= 15 is 0 Å². The van der Waals surface area contributed by atoms with E-state index in [4.69, 9.17) is 9.57 Å². The average Bonchev–Trinajstić information content (AvgIpc) is 3.27. The molecule has 3 aliphatic rings. The van der Waals surface area contributed by atoms with Gasteiger partial charge in [0.25, 0.3) is 0 Å². The zero-order chi connectivity index (χ0) is 27.1. The first-order valence-electron chi connectivity index (χ1n) is 14.2. The molecule has 0 amide bonds. The fourth-order valence-electron chi connectivity index (χ4n) is 7.10. The Balaban J connectivity index is 1.40. The van der Waals surface area contributed by atoms with Crippen LogP contribution in [0.25, 0.3) is 0 Å². The van der Waals surface area contributed by atoms with Crippen molar-refractivity contribution in [1.29, 1.82) is 0 Å². The molecule has 0 radical (unpaired) electrons. The van der Waals surface area contributed by atoms with Crippen LogP contribution in [-0.4, -0.2) is 48.0 Å². The van der Waals surface area contributed by atoms with Crippen LogP contribution in [-0.2, 0) is 9.57 Å². The predicted octanol–water partition coefficient (Wildman–Crippen LogP) is 6.39. The van der Waals surface area contributed by atoms with E-state index in [2.05, 4.69) is 44.3 Å². The summed E-state index contributed by atoms with van der Waals surface area (Å²) in [6, 6.07) is 10.0. The summed E-state index contributed by atoms with van der Waals surface area (Å²) >= 11 is 0. The first-order valence-corrected chi connectivity index (χ1v) is 14.2. The van der Waals surface area contributed by atoms with E-state index in [1.54, 1.807) is 6.08 Å². The molecule has 5 nitrogen and oxygen atoms in total. The predicted molar refractivity (Wildman–Crippen MR) is 154 cm³/mol. The normalized spacial score (nSPS) is 32.8. The van der Waals surface area contributed by atoms with Gasteiger partial charge < -0.3 is 19.8 Å². The monoisotopic (exact) mass is 519 g/mol. The van der Waals surface area contributed by atoms with Crippen LogP contribution in [0.5, 0.6) is 0 Å². The Bertz CT molecular complexity index is 1060. The molecule has 0 aromatic heterocycles. The van der Waals surface area contributed by atoms with Gasteiger partial charge in [0.1, 0.15) is 12.3 Å². The molecule has 1 aromatic rings. The topological polar surface area (TPSA) is 71.3 Å². The van der Waals surface area contributed by atoms with Crippen LogP contribution in [0.2, 0.25) is 0 Å². The number of benzene rings is 1. The molecule has 0 aliphatic heterocycles. The molecule has 0 heterocycles. The number of oxime groups is 1. The van der Waals surface area contributed by atoms with E-state index in [0.29, 0.717) is 50.4 Å². The van der Waals surface area contributed by atoms with Gasteiger partial charge in [0, 0.05) is 18.6 Å². The van der Waals surface area contributed by atoms with Gasteiger partial charge in [0.15, 0.2) is 0 Å². The number of rotatable bonds is 10. The lowest BCUT2D eigenvalue weighted by atomic mass is 9.61. The summed E-state index contributed by atoms with van der Waals surface area (Å²) in [6.45, 7) is 14.1. The number of hydrogen-bond acceptors (Lipinski definition) is 5. The molecular weight excluding hydrogens is 474 g/mol. The molecule has 0 bridgehead atoms. The van der Waals surface area contributed by atoms with Crippen molar-refractivity contribution in [2.45, 2.75) is 71.0 Å². The number of nitrogens with zero attached hydrogens (tertiary/aromatic N) is 1. The molecule has 3 saturated carbocycles. The summed E-state index contributed by atoms with van der Waals surface area (Å²) in [5.74, 6) is 1.62. The van der Waals surface area contributed by atoms with Gasteiger partial charge in [-0.1, -0.05) is 86.3 Å². The van der Waals surface area contributed by atoms with Crippen LogP contribution >= 0.6 is 0 Å². The summed E-state index contributed by atoms with van der Waals surface area (Å²) in [5, 5.41) is 24.6. The molecule has 38 heavy (non-hydrogen) atoms. The molecule has 4 rings (SSSR count). The number of hydrogen-bond donors (Lipinski definition) is 2. The molecule has 0 spiro atoms. The molecule has 206 valence electrons. The highest BCUT2D eigenvalue weighted by molar-refractivity contribution is 6.01. The van der Waals surface area contributed by atoms with Gasteiger partial charge >= 0.3 is 0 Å². The smallest absolute Gasteiger partial charge is 0.135 e. The maximum absolute atomic E-state index is 10.2. The Kier molecular flexibility index (Phi) is 9.80. The molecule has 3 fully saturated rings. The summed E-state index contributed by atoms with van der Waals surface area (Å²) in [6.07, 6.45) is 11.9. The van der Waals surface area contributed by atoms with Crippen LogP contribution in [0, 0.1) is 23.2 Å². The number of aliphatic hydroxyl groups excluding tert-OH is 2. The second-order valence-corrected chi connectivity index (χ2v) is 11.6. The zero-order valence-corrected chi connectivity index (χ0v) is 23.1. The fraction of sp³-hybridized carbons (Fsp3) is 0.545. The summed E-state index contributed by atoms with van der Waals surface area (Å²) < 4.78 is 6.25. The maximum Gasteiger partial charge on any atom is 0.135 e. The van der Waals surface area contributed by atoms with Crippen molar-refractivity contribution in [3.05, 3.63) is 84.0 Å². The summed E-state index contributed by atoms with van der Waals surface area (Å²) in [7, 11) is 0. The number of fused-ring (bicyclic) bond motifs is 1. The van der Waals surface area contributed by atoms with Gasteiger partial charge in [-0.25, -0.2) is 0 Å². The van der Waals surface area contributed by atoms with Gasteiger partial charge in [0.05, 0.1) is 18.8 Å². The standard InChI is InChI=1S/C33H45NO4/c1-5-18-38-34-31(26-10-7-6-8-11-26)22-37-21-23(2)29-15-16-30-25(12-9-17-33(29,30)4)13-14-27-19-28(35)20-32(36)24(27)3/h5-8,10-11,13-14,23,28-30,32,35-36H,1,3,9,12,15-22H2,2,4H3/b25-13+,27-14-,34-31?/t23-,28-,29-,30+,32+,33-/m1/s1. The molecule has 5 heteroatoms. The van der Waals surface area contributed by atoms with E-state index in [0.717, 1.165) is 28.8 Å². The summed E-state index contributed by atoms with van der Waals surface area (Å²) in [4.78, 5) is 5.39. The van der Waals surface area contributed by atoms with Gasteiger partial charge in [0.2, 0.25) is 0 Å². The number of aliphatic hydroxyl groups is 2. The van der Waals surface area contributed by atoms with Gasteiger partial charge in [-0.3, -0.25) is 0 Å². The minimum Gasteiger partial charge on any atom is -0.393 e. The van der Waals surface area contributed by atoms with Crippen molar-refractivity contribution in [2.75, 3.05) is 19.8 Å². The molecule has 0 unspecified atom stereocenters. The average molecular weight is 520 g/mol. The van der Waals surface area contributed by atoms with Crippen LogP contribution in [0.1, 0.15) is 64.4 Å². The molecule has 2 N–H and O–H groups in total. The van der Waals surface area contributed by atoms with E-state index in [1.807, 2.05) is 30.3 Å². The van der Waals surface area contributed by atoms with E-state index < -0.39 is 12.2 Å². The van der Waals surface area contributed by atoms with E-state index in [-0.39, 0.29) is 5.41 Å². The molecule has 0 saturated heterocycles. The molecule has 1 aromatic carbocycles. The minimum absolute atomic E-state index is 0.261. The number of ether oxygens (including phenoxy) is 1. The Hall–Kier alpha value is -2.47. The fourth-order valence-corrected chi connectivity index (χ4v) is 7.10. The lowest BCUT2D eigenvalue weighted by molar-refractivity contribution is 0.0450. The van der Waals surface area contributed by atoms with Gasteiger partial charge in [-0.2, -0.15) is 0 Å². The third kappa shape index (κ3) is 6.56. The Morgan fingerprint density at radius 2 is 2.00 bits per heavy atom. The maximum atomic E-state index is 10.2. The quantitative estimate of drug-likeness (QED) is 0.163. The molecular formula is C33H45NO4. The molecule has 6 atom stereocenters.